The second-order valence-corrected chi connectivity index (χ2v) is 4.02. The van der Waals surface area contributed by atoms with Crippen LogP contribution in [0.25, 0.3) is 0 Å². The average Bonchev–Trinajstić information content (AvgIpc) is 2.45. The molecule has 110 valence electrons. The normalized spacial score (nSPS) is 11.4. The number of benzene rings is 1. The Morgan fingerprint density at radius 1 is 1.15 bits per heavy atom. The summed E-state index contributed by atoms with van der Waals surface area (Å²) in [6.07, 6.45) is 0. The van der Waals surface area contributed by atoms with Gasteiger partial charge in [-0.25, -0.2) is 4.79 Å². The van der Waals surface area contributed by atoms with Gasteiger partial charge in [-0.15, -0.1) is 0 Å². The molecule has 20 heavy (non-hydrogen) atoms. The molecule has 0 radical (unpaired) electrons. The Labute approximate surface area is 117 Å². The SMILES string of the molecule is COC(=O)c1cc(OC)c(OC)cc1NC(=O)[C@H](C)N. The molecule has 1 aromatic carbocycles. The van der Waals surface area contributed by atoms with Crippen LogP contribution in [0.2, 0.25) is 0 Å². The number of carbonyl (C=O) groups is 2. The molecule has 0 bridgehead atoms. The highest BCUT2D eigenvalue weighted by atomic mass is 16.5. The maximum absolute atomic E-state index is 11.8. The van der Waals surface area contributed by atoms with Crippen LogP contribution in [-0.2, 0) is 9.53 Å². The Morgan fingerprint density at radius 2 is 1.70 bits per heavy atom. The Kier molecular flexibility index (Phi) is 5.33. The van der Waals surface area contributed by atoms with Gasteiger partial charge in [0.1, 0.15) is 0 Å². The summed E-state index contributed by atoms with van der Waals surface area (Å²) >= 11 is 0. The Morgan fingerprint density at radius 3 is 2.15 bits per heavy atom. The van der Waals surface area contributed by atoms with E-state index < -0.39 is 17.9 Å². The topological polar surface area (TPSA) is 99.9 Å². The number of nitrogens with two attached hydrogens (primary N) is 1. The molecule has 0 spiro atoms. The monoisotopic (exact) mass is 282 g/mol. The summed E-state index contributed by atoms with van der Waals surface area (Å²) in [6, 6.07) is 2.20. The van der Waals surface area contributed by atoms with E-state index in [2.05, 4.69) is 10.1 Å². The number of nitrogens with one attached hydrogen (secondary N) is 1. The number of esters is 1. The van der Waals surface area contributed by atoms with Crippen molar-refractivity contribution in [2.24, 2.45) is 5.73 Å². The van der Waals surface area contributed by atoms with Crippen molar-refractivity contribution in [2.45, 2.75) is 13.0 Å². The van der Waals surface area contributed by atoms with Crippen molar-refractivity contribution in [3.8, 4) is 11.5 Å². The molecule has 0 aliphatic heterocycles. The van der Waals surface area contributed by atoms with Crippen LogP contribution in [0.3, 0.4) is 0 Å². The Bertz CT molecular complexity index is 514. The molecular formula is C13H18N2O5. The molecule has 1 amide bonds. The summed E-state index contributed by atoms with van der Waals surface area (Å²) in [7, 11) is 4.14. The maximum Gasteiger partial charge on any atom is 0.340 e. The number of hydrogen-bond acceptors (Lipinski definition) is 6. The second kappa shape index (κ2) is 6.76. The van der Waals surface area contributed by atoms with Gasteiger partial charge in [-0.05, 0) is 6.92 Å². The number of methoxy groups -OCH3 is 3. The fourth-order valence-electron chi connectivity index (χ4n) is 1.51. The molecule has 1 aromatic rings. The van der Waals surface area contributed by atoms with Gasteiger partial charge in [-0.3, -0.25) is 4.79 Å². The number of ether oxygens (including phenoxy) is 3. The van der Waals surface area contributed by atoms with E-state index in [0.29, 0.717) is 11.5 Å². The van der Waals surface area contributed by atoms with Crippen LogP contribution in [0.5, 0.6) is 11.5 Å². The zero-order valence-electron chi connectivity index (χ0n) is 11.9. The number of hydrogen-bond donors (Lipinski definition) is 2. The van der Waals surface area contributed by atoms with Crippen LogP contribution in [-0.4, -0.2) is 39.2 Å². The van der Waals surface area contributed by atoms with Gasteiger partial charge in [0.05, 0.1) is 38.6 Å². The van der Waals surface area contributed by atoms with Crippen LogP contribution >= 0.6 is 0 Å². The highest BCUT2D eigenvalue weighted by molar-refractivity contribution is 6.03. The lowest BCUT2D eigenvalue weighted by atomic mass is 10.1. The quantitative estimate of drug-likeness (QED) is 0.774. The highest BCUT2D eigenvalue weighted by Gasteiger charge is 2.19. The van der Waals surface area contributed by atoms with Gasteiger partial charge in [-0.1, -0.05) is 0 Å². The van der Waals surface area contributed by atoms with Crippen molar-refractivity contribution in [2.75, 3.05) is 26.6 Å². The van der Waals surface area contributed by atoms with E-state index in [4.69, 9.17) is 15.2 Å². The highest BCUT2D eigenvalue weighted by Crippen LogP contribution is 2.33. The number of amides is 1. The van der Waals surface area contributed by atoms with Gasteiger partial charge in [0.15, 0.2) is 11.5 Å². The molecule has 0 aromatic heterocycles. The third-order valence-electron chi connectivity index (χ3n) is 2.60. The first-order valence-corrected chi connectivity index (χ1v) is 5.85. The molecule has 0 aliphatic carbocycles. The molecule has 1 rings (SSSR count). The predicted octanol–water partition coefficient (Wildman–Crippen LogP) is 0.776. The molecular weight excluding hydrogens is 264 g/mol. The number of anilines is 1. The van der Waals surface area contributed by atoms with Crippen molar-refractivity contribution in [3.05, 3.63) is 17.7 Å². The van der Waals surface area contributed by atoms with Crippen LogP contribution in [0.1, 0.15) is 17.3 Å². The fraction of sp³-hybridized carbons (Fsp3) is 0.385. The van der Waals surface area contributed by atoms with E-state index in [1.807, 2.05) is 0 Å². The third-order valence-corrected chi connectivity index (χ3v) is 2.60. The minimum Gasteiger partial charge on any atom is -0.493 e. The van der Waals surface area contributed by atoms with Gasteiger partial charge >= 0.3 is 5.97 Å². The Hall–Kier alpha value is -2.28. The van der Waals surface area contributed by atoms with E-state index in [-0.39, 0.29) is 11.3 Å². The summed E-state index contributed by atoms with van der Waals surface area (Å²) < 4.78 is 14.9. The lowest BCUT2D eigenvalue weighted by Crippen LogP contribution is -2.33. The smallest absolute Gasteiger partial charge is 0.340 e. The van der Waals surface area contributed by atoms with E-state index in [9.17, 15) is 9.59 Å². The van der Waals surface area contributed by atoms with E-state index in [1.165, 1.54) is 40.4 Å². The molecule has 7 heteroatoms. The molecule has 7 nitrogen and oxygen atoms in total. The zero-order chi connectivity index (χ0) is 15.3. The summed E-state index contributed by atoms with van der Waals surface area (Å²) in [5.74, 6) is -0.305. The summed E-state index contributed by atoms with van der Waals surface area (Å²) in [6.45, 7) is 1.54. The van der Waals surface area contributed by atoms with Gasteiger partial charge in [0.2, 0.25) is 5.91 Å². The molecule has 0 saturated carbocycles. The number of rotatable bonds is 5. The molecule has 3 N–H and O–H groups in total. The molecule has 0 fully saturated rings. The molecule has 0 heterocycles. The lowest BCUT2D eigenvalue weighted by molar-refractivity contribution is -0.117. The molecule has 0 aliphatic rings. The molecule has 0 unspecified atom stereocenters. The van der Waals surface area contributed by atoms with Crippen LogP contribution in [0, 0.1) is 0 Å². The second-order valence-electron chi connectivity index (χ2n) is 4.02. The average molecular weight is 282 g/mol. The first-order valence-electron chi connectivity index (χ1n) is 5.85. The lowest BCUT2D eigenvalue weighted by Gasteiger charge is -2.15. The fourth-order valence-corrected chi connectivity index (χ4v) is 1.51. The van der Waals surface area contributed by atoms with Crippen molar-refractivity contribution in [1.82, 2.24) is 0 Å². The van der Waals surface area contributed by atoms with Gasteiger partial charge < -0.3 is 25.3 Å². The zero-order valence-corrected chi connectivity index (χ0v) is 11.9. The van der Waals surface area contributed by atoms with E-state index in [1.54, 1.807) is 0 Å². The van der Waals surface area contributed by atoms with Crippen LogP contribution in [0.15, 0.2) is 12.1 Å². The standard InChI is InChI=1S/C13H18N2O5/c1-7(14)12(16)15-9-6-11(19-3)10(18-2)5-8(9)13(17)20-4/h5-7H,14H2,1-4H3,(H,15,16)/t7-/m0/s1. The minimum atomic E-state index is -0.714. The Balaban J connectivity index is 3.31. The van der Waals surface area contributed by atoms with Crippen molar-refractivity contribution < 1.29 is 23.8 Å². The summed E-state index contributed by atoms with van der Waals surface area (Å²) in [5, 5.41) is 2.55. The third kappa shape index (κ3) is 3.39. The molecule has 1 atom stereocenters. The van der Waals surface area contributed by atoms with Crippen molar-refractivity contribution in [3.63, 3.8) is 0 Å². The van der Waals surface area contributed by atoms with Crippen molar-refractivity contribution in [1.29, 1.82) is 0 Å². The van der Waals surface area contributed by atoms with Gasteiger partial charge in [0.25, 0.3) is 0 Å². The summed E-state index contributed by atoms with van der Waals surface area (Å²) in [5.41, 5.74) is 5.88. The minimum absolute atomic E-state index is 0.152. The number of carbonyl (C=O) groups excluding carboxylic acids is 2. The molecule has 0 saturated heterocycles. The van der Waals surface area contributed by atoms with E-state index >= 15 is 0 Å². The predicted molar refractivity (Wildman–Crippen MR) is 73.2 cm³/mol. The first kappa shape index (κ1) is 15.8. The maximum atomic E-state index is 11.8. The summed E-state index contributed by atoms with van der Waals surface area (Å²) in [4.78, 5) is 23.4. The van der Waals surface area contributed by atoms with Crippen molar-refractivity contribution >= 4 is 17.6 Å². The van der Waals surface area contributed by atoms with Gasteiger partial charge in [-0.2, -0.15) is 0 Å². The first-order chi connectivity index (χ1) is 9.44. The van der Waals surface area contributed by atoms with Crippen LogP contribution < -0.4 is 20.5 Å². The van der Waals surface area contributed by atoms with Crippen LogP contribution in [0.4, 0.5) is 5.69 Å². The van der Waals surface area contributed by atoms with Gasteiger partial charge in [0, 0.05) is 12.1 Å². The van der Waals surface area contributed by atoms with E-state index in [0.717, 1.165) is 0 Å². The largest absolute Gasteiger partial charge is 0.493 e.